The number of aryl methyl sites for hydroxylation is 1. The number of fused-ring (bicyclic) bond motifs is 1. The first kappa shape index (κ1) is 17.3. The molecule has 0 fully saturated rings. The lowest BCUT2D eigenvalue weighted by atomic mass is 10.0. The van der Waals surface area contributed by atoms with Crippen LogP contribution in [0.3, 0.4) is 0 Å². The van der Waals surface area contributed by atoms with Crippen molar-refractivity contribution in [2.75, 3.05) is 16.2 Å². The molecule has 0 bridgehead atoms. The lowest BCUT2D eigenvalue weighted by molar-refractivity contribution is -0.116. The molecule has 8 heteroatoms. The molecule has 1 N–H and O–H groups in total. The summed E-state index contributed by atoms with van der Waals surface area (Å²) in [6, 6.07) is 7.02. The molecule has 3 rings (SSSR count). The number of sulfonamides is 1. The standard InChI is InChI=1S/C17H16F2N2O3S/c1-11(22)21-8-2-3-12-9-14(5-7-17(12)21)25(23,24)20-16-6-4-13(18)10-15(16)19/h4-7,9-10,20H,2-3,8H2,1H3. The molecular weight excluding hydrogens is 350 g/mol. The number of hydrogen-bond acceptors (Lipinski definition) is 3. The van der Waals surface area contributed by atoms with Gasteiger partial charge in [-0.1, -0.05) is 0 Å². The molecule has 2 aromatic carbocycles. The van der Waals surface area contributed by atoms with Crippen LogP contribution in [0.2, 0.25) is 0 Å². The van der Waals surface area contributed by atoms with Crippen LogP contribution >= 0.6 is 0 Å². The molecule has 1 heterocycles. The van der Waals surface area contributed by atoms with Crippen LogP contribution in [0.25, 0.3) is 0 Å². The van der Waals surface area contributed by atoms with Crippen LogP contribution in [0.1, 0.15) is 18.9 Å². The van der Waals surface area contributed by atoms with Crippen LogP contribution in [0, 0.1) is 11.6 Å². The predicted molar refractivity (Wildman–Crippen MR) is 90.0 cm³/mol. The lowest BCUT2D eigenvalue weighted by Gasteiger charge is -2.28. The van der Waals surface area contributed by atoms with E-state index in [1.165, 1.54) is 19.1 Å². The van der Waals surface area contributed by atoms with Gasteiger partial charge in [0.1, 0.15) is 11.6 Å². The second kappa shape index (κ2) is 6.44. The quantitative estimate of drug-likeness (QED) is 0.908. The highest BCUT2D eigenvalue weighted by Gasteiger charge is 2.23. The molecule has 0 saturated carbocycles. The number of nitrogens with zero attached hydrogens (tertiary/aromatic N) is 1. The number of halogens is 2. The van der Waals surface area contributed by atoms with Crippen LogP contribution < -0.4 is 9.62 Å². The maximum absolute atomic E-state index is 13.7. The first-order valence-electron chi connectivity index (χ1n) is 7.67. The number of carbonyl (C=O) groups is 1. The fourth-order valence-electron chi connectivity index (χ4n) is 2.84. The van der Waals surface area contributed by atoms with Gasteiger partial charge in [0.05, 0.1) is 10.6 Å². The van der Waals surface area contributed by atoms with E-state index in [-0.39, 0.29) is 16.5 Å². The van der Waals surface area contributed by atoms with Crippen molar-refractivity contribution in [1.82, 2.24) is 0 Å². The van der Waals surface area contributed by atoms with Crippen molar-refractivity contribution in [3.05, 3.63) is 53.6 Å². The number of benzene rings is 2. The summed E-state index contributed by atoms with van der Waals surface area (Å²) in [6.07, 6.45) is 1.38. The van der Waals surface area contributed by atoms with Gasteiger partial charge < -0.3 is 4.90 Å². The van der Waals surface area contributed by atoms with Crippen LogP contribution in [0.5, 0.6) is 0 Å². The van der Waals surface area contributed by atoms with E-state index in [1.807, 2.05) is 0 Å². The Hall–Kier alpha value is -2.48. The van der Waals surface area contributed by atoms with Gasteiger partial charge in [-0.25, -0.2) is 17.2 Å². The SMILES string of the molecule is CC(=O)N1CCCc2cc(S(=O)(=O)Nc3ccc(F)cc3F)ccc21. The maximum atomic E-state index is 13.7. The number of anilines is 2. The molecule has 0 saturated heterocycles. The second-order valence-corrected chi connectivity index (χ2v) is 7.48. The number of nitrogens with one attached hydrogen (secondary N) is 1. The van der Waals surface area contributed by atoms with Gasteiger partial charge in [0.2, 0.25) is 5.91 Å². The summed E-state index contributed by atoms with van der Waals surface area (Å²) in [5.74, 6) is -1.90. The minimum absolute atomic E-state index is 0.0413. The highest BCUT2D eigenvalue weighted by atomic mass is 32.2. The summed E-state index contributed by atoms with van der Waals surface area (Å²) in [6.45, 7) is 2.05. The summed E-state index contributed by atoms with van der Waals surface area (Å²) in [4.78, 5) is 13.2. The van der Waals surface area contributed by atoms with E-state index in [9.17, 15) is 22.0 Å². The first-order valence-corrected chi connectivity index (χ1v) is 9.15. The Kier molecular flexibility index (Phi) is 4.47. The molecule has 1 amide bonds. The normalized spacial score (nSPS) is 14.1. The van der Waals surface area contributed by atoms with Gasteiger partial charge in [0, 0.05) is 25.2 Å². The molecule has 0 unspecified atom stereocenters. The zero-order valence-corrected chi connectivity index (χ0v) is 14.2. The van der Waals surface area contributed by atoms with Crippen molar-refractivity contribution in [3.63, 3.8) is 0 Å². The highest BCUT2D eigenvalue weighted by molar-refractivity contribution is 7.92. The van der Waals surface area contributed by atoms with Crippen molar-refractivity contribution in [1.29, 1.82) is 0 Å². The summed E-state index contributed by atoms with van der Waals surface area (Å²) < 4.78 is 53.7. The Labute approximate surface area is 144 Å². The third-order valence-corrected chi connectivity index (χ3v) is 5.40. The zero-order chi connectivity index (χ0) is 18.2. The molecule has 0 spiro atoms. The summed E-state index contributed by atoms with van der Waals surface area (Å²) >= 11 is 0. The Bertz CT molecular complexity index is 945. The summed E-state index contributed by atoms with van der Waals surface area (Å²) in [5.41, 5.74) is 1.10. The van der Waals surface area contributed by atoms with E-state index in [4.69, 9.17) is 0 Å². The highest BCUT2D eigenvalue weighted by Crippen LogP contribution is 2.30. The third-order valence-electron chi connectivity index (χ3n) is 4.04. The molecule has 5 nitrogen and oxygen atoms in total. The molecular formula is C17H16F2N2O3S. The van der Waals surface area contributed by atoms with Crippen LogP contribution in [-0.4, -0.2) is 20.9 Å². The molecule has 0 aromatic heterocycles. The van der Waals surface area contributed by atoms with Crippen LogP contribution in [0.4, 0.5) is 20.2 Å². The van der Waals surface area contributed by atoms with Crippen molar-refractivity contribution >= 4 is 27.3 Å². The Balaban J connectivity index is 1.94. The Morgan fingerprint density at radius 1 is 1.16 bits per heavy atom. The van der Waals surface area contributed by atoms with E-state index in [0.29, 0.717) is 24.7 Å². The average molecular weight is 366 g/mol. The van der Waals surface area contributed by atoms with Crippen LogP contribution in [0.15, 0.2) is 41.3 Å². The van der Waals surface area contributed by atoms with E-state index >= 15 is 0 Å². The molecule has 2 aromatic rings. The topological polar surface area (TPSA) is 66.5 Å². The van der Waals surface area contributed by atoms with Crippen molar-refractivity contribution in [3.8, 4) is 0 Å². The van der Waals surface area contributed by atoms with Gasteiger partial charge in [-0.05, 0) is 48.7 Å². The van der Waals surface area contributed by atoms with E-state index < -0.39 is 21.7 Å². The number of amides is 1. The van der Waals surface area contributed by atoms with Gasteiger partial charge in [-0.2, -0.15) is 0 Å². The molecule has 132 valence electrons. The number of hydrogen-bond donors (Lipinski definition) is 1. The number of carbonyl (C=O) groups excluding carboxylic acids is 1. The van der Waals surface area contributed by atoms with Crippen molar-refractivity contribution < 1.29 is 22.0 Å². The van der Waals surface area contributed by atoms with Gasteiger partial charge in [-0.15, -0.1) is 0 Å². The molecule has 1 aliphatic heterocycles. The van der Waals surface area contributed by atoms with Gasteiger partial charge in [0.15, 0.2) is 0 Å². The van der Waals surface area contributed by atoms with Gasteiger partial charge in [-0.3, -0.25) is 9.52 Å². The van der Waals surface area contributed by atoms with E-state index in [2.05, 4.69) is 4.72 Å². The fourth-order valence-corrected chi connectivity index (χ4v) is 3.96. The lowest BCUT2D eigenvalue weighted by Crippen LogP contribution is -2.33. The average Bonchev–Trinajstić information content (AvgIpc) is 2.56. The second-order valence-electron chi connectivity index (χ2n) is 5.79. The largest absolute Gasteiger partial charge is 0.312 e. The summed E-state index contributed by atoms with van der Waals surface area (Å²) in [5, 5.41) is 0. The molecule has 1 aliphatic rings. The maximum Gasteiger partial charge on any atom is 0.261 e. The molecule has 0 aliphatic carbocycles. The molecule has 0 radical (unpaired) electrons. The fraction of sp³-hybridized carbons (Fsp3) is 0.235. The molecule has 0 atom stereocenters. The minimum Gasteiger partial charge on any atom is -0.312 e. The van der Waals surface area contributed by atoms with E-state index in [0.717, 1.165) is 24.1 Å². The monoisotopic (exact) mass is 366 g/mol. The summed E-state index contributed by atoms with van der Waals surface area (Å²) in [7, 11) is -4.04. The van der Waals surface area contributed by atoms with Gasteiger partial charge in [0.25, 0.3) is 10.0 Å². The first-order chi connectivity index (χ1) is 11.8. The number of rotatable bonds is 3. The van der Waals surface area contributed by atoms with E-state index in [1.54, 1.807) is 11.0 Å². The van der Waals surface area contributed by atoms with Crippen LogP contribution in [-0.2, 0) is 21.2 Å². The Morgan fingerprint density at radius 3 is 2.60 bits per heavy atom. The van der Waals surface area contributed by atoms with Crippen molar-refractivity contribution in [2.45, 2.75) is 24.7 Å². The molecule has 25 heavy (non-hydrogen) atoms. The van der Waals surface area contributed by atoms with Gasteiger partial charge >= 0.3 is 0 Å². The third kappa shape index (κ3) is 3.48. The minimum atomic E-state index is -4.04. The van der Waals surface area contributed by atoms with Crippen molar-refractivity contribution in [2.24, 2.45) is 0 Å². The Morgan fingerprint density at radius 2 is 1.92 bits per heavy atom. The predicted octanol–water partition coefficient (Wildman–Crippen LogP) is 3.06. The zero-order valence-electron chi connectivity index (χ0n) is 13.4. The smallest absolute Gasteiger partial charge is 0.261 e.